The first-order valence-electron chi connectivity index (χ1n) is 4.52. The van der Waals surface area contributed by atoms with Crippen molar-refractivity contribution in [3.8, 4) is 0 Å². The first-order chi connectivity index (χ1) is 7.06. The number of hydrogen-bond acceptors (Lipinski definition) is 3. The van der Waals surface area contributed by atoms with Crippen LogP contribution in [0.5, 0.6) is 0 Å². The van der Waals surface area contributed by atoms with E-state index in [2.05, 4.69) is 11.3 Å². The molecule has 1 aromatic rings. The van der Waals surface area contributed by atoms with Crippen LogP contribution < -0.4 is 10.5 Å². The third-order valence-corrected chi connectivity index (χ3v) is 3.23. The summed E-state index contributed by atoms with van der Waals surface area (Å²) in [6.45, 7) is 3.96. The normalized spacial score (nSPS) is 11.0. The molecule has 0 bridgehead atoms. The standard InChI is InChI=1S/C10H14N2O2S/c1-9(7-8-11)12-15(13,14)10-5-3-2-4-6-10/h2-6,12H,1,7-8,11H2. The van der Waals surface area contributed by atoms with Crippen molar-refractivity contribution >= 4 is 10.0 Å². The first kappa shape index (κ1) is 11.7. The van der Waals surface area contributed by atoms with Crippen molar-refractivity contribution in [3.63, 3.8) is 0 Å². The molecule has 0 fully saturated rings. The third-order valence-electron chi connectivity index (χ3n) is 1.78. The van der Waals surface area contributed by atoms with Crippen LogP contribution in [-0.2, 0) is 10.0 Å². The van der Waals surface area contributed by atoms with Gasteiger partial charge in [0.25, 0.3) is 10.0 Å². The molecule has 0 aliphatic carbocycles. The number of hydrogen-bond donors (Lipinski definition) is 2. The Morgan fingerprint density at radius 1 is 1.33 bits per heavy atom. The maximum Gasteiger partial charge on any atom is 0.261 e. The van der Waals surface area contributed by atoms with Crippen molar-refractivity contribution in [1.29, 1.82) is 0 Å². The van der Waals surface area contributed by atoms with Crippen LogP contribution in [-0.4, -0.2) is 15.0 Å². The third kappa shape index (κ3) is 3.38. The van der Waals surface area contributed by atoms with Gasteiger partial charge in [-0.25, -0.2) is 8.42 Å². The fourth-order valence-corrected chi connectivity index (χ4v) is 2.19. The van der Waals surface area contributed by atoms with Gasteiger partial charge < -0.3 is 5.73 Å². The van der Waals surface area contributed by atoms with Crippen LogP contribution in [0.25, 0.3) is 0 Å². The molecular formula is C10H14N2O2S. The number of nitrogens with two attached hydrogens (primary N) is 1. The Hall–Kier alpha value is -1.33. The number of benzene rings is 1. The van der Waals surface area contributed by atoms with Gasteiger partial charge in [0.15, 0.2) is 0 Å². The Morgan fingerprint density at radius 2 is 1.93 bits per heavy atom. The van der Waals surface area contributed by atoms with E-state index in [-0.39, 0.29) is 4.90 Å². The highest BCUT2D eigenvalue weighted by Crippen LogP contribution is 2.08. The Kier molecular flexibility index (Phi) is 3.88. The SMILES string of the molecule is C=C(CCN)NS(=O)(=O)c1ccccc1. The minimum Gasteiger partial charge on any atom is -0.330 e. The molecule has 0 saturated carbocycles. The van der Waals surface area contributed by atoms with Crippen LogP contribution in [0.3, 0.4) is 0 Å². The van der Waals surface area contributed by atoms with Crippen LogP contribution in [0.4, 0.5) is 0 Å². The molecule has 1 rings (SSSR count). The van der Waals surface area contributed by atoms with Crippen LogP contribution in [0.2, 0.25) is 0 Å². The molecule has 0 spiro atoms. The number of nitrogens with one attached hydrogen (secondary N) is 1. The average Bonchev–Trinajstić information content (AvgIpc) is 2.18. The summed E-state index contributed by atoms with van der Waals surface area (Å²) in [4.78, 5) is 0.225. The summed E-state index contributed by atoms with van der Waals surface area (Å²) in [6, 6.07) is 8.14. The zero-order valence-corrected chi connectivity index (χ0v) is 9.13. The monoisotopic (exact) mass is 226 g/mol. The average molecular weight is 226 g/mol. The highest BCUT2D eigenvalue weighted by Gasteiger charge is 2.12. The van der Waals surface area contributed by atoms with E-state index in [1.165, 1.54) is 12.1 Å². The van der Waals surface area contributed by atoms with Crippen molar-refractivity contribution < 1.29 is 8.42 Å². The smallest absolute Gasteiger partial charge is 0.261 e. The van der Waals surface area contributed by atoms with Gasteiger partial charge in [0.2, 0.25) is 0 Å². The lowest BCUT2D eigenvalue weighted by Gasteiger charge is -2.09. The fourth-order valence-electron chi connectivity index (χ4n) is 1.07. The molecule has 0 aromatic heterocycles. The van der Waals surface area contributed by atoms with Gasteiger partial charge in [0.05, 0.1) is 4.90 Å². The summed E-state index contributed by atoms with van der Waals surface area (Å²) in [5.41, 5.74) is 5.70. The Balaban J connectivity index is 2.81. The zero-order chi connectivity index (χ0) is 11.3. The van der Waals surface area contributed by atoms with Gasteiger partial charge in [-0.2, -0.15) is 0 Å². The molecule has 1 aromatic carbocycles. The van der Waals surface area contributed by atoms with E-state index in [9.17, 15) is 8.42 Å². The van der Waals surface area contributed by atoms with Gasteiger partial charge in [-0.05, 0) is 25.1 Å². The lowest BCUT2D eigenvalue weighted by Crippen LogP contribution is -2.23. The quantitative estimate of drug-likeness (QED) is 0.781. The highest BCUT2D eigenvalue weighted by molar-refractivity contribution is 7.89. The van der Waals surface area contributed by atoms with Gasteiger partial charge >= 0.3 is 0 Å². The van der Waals surface area contributed by atoms with E-state index >= 15 is 0 Å². The second kappa shape index (κ2) is 4.95. The number of rotatable bonds is 5. The molecule has 5 heteroatoms. The van der Waals surface area contributed by atoms with Gasteiger partial charge in [-0.15, -0.1) is 0 Å². The number of sulfonamides is 1. The second-order valence-electron chi connectivity index (χ2n) is 3.06. The van der Waals surface area contributed by atoms with Crippen LogP contribution in [0.1, 0.15) is 6.42 Å². The molecule has 0 unspecified atom stereocenters. The molecule has 0 saturated heterocycles. The van der Waals surface area contributed by atoms with E-state index in [1.54, 1.807) is 18.2 Å². The summed E-state index contributed by atoms with van der Waals surface area (Å²) in [6.07, 6.45) is 0.437. The highest BCUT2D eigenvalue weighted by atomic mass is 32.2. The lowest BCUT2D eigenvalue weighted by molar-refractivity contribution is 0.587. The maximum atomic E-state index is 11.7. The zero-order valence-electron chi connectivity index (χ0n) is 8.31. The molecule has 0 atom stereocenters. The lowest BCUT2D eigenvalue weighted by atomic mass is 10.4. The van der Waals surface area contributed by atoms with E-state index < -0.39 is 10.0 Å². The van der Waals surface area contributed by atoms with Gasteiger partial charge in [0.1, 0.15) is 0 Å². The Labute approximate surface area is 89.9 Å². The summed E-state index contributed by atoms with van der Waals surface area (Å²) in [5.74, 6) is 0. The van der Waals surface area contributed by atoms with Crippen molar-refractivity contribution in [3.05, 3.63) is 42.6 Å². The Morgan fingerprint density at radius 3 is 2.47 bits per heavy atom. The largest absolute Gasteiger partial charge is 0.330 e. The summed E-state index contributed by atoms with van der Waals surface area (Å²) < 4.78 is 25.8. The van der Waals surface area contributed by atoms with Crippen molar-refractivity contribution in [1.82, 2.24) is 4.72 Å². The molecule has 0 aliphatic heterocycles. The summed E-state index contributed by atoms with van der Waals surface area (Å²) >= 11 is 0. The predicted molar refractivity (Wildman–Crippen MR) is 59.6 cm³/mol. The predicted octanol–water partition coefficient (Wildman–Crippen LogP) is 0.827. The van der Waals surface area contributed by atoms with E-state index in [1.807, 2.05) is 0 Å². The molecule has 82 valence electrons. The summed E-state index contributed by atoms with van der Waals surface area (Å²) in [7, 11) is -3.49. The topological polar surface area (TPSA) is 72.2 Å². The van der Waals surface area contributed by atoms with Crippen LogP contribution in [0.15, 0.2) is 47.5 Å². The van der Waals surface area contributed by atoms with E-state index in [0.717, 1.165) is 0 Å². The minimum atomic E-state index is -3.49. The maximum absolute atomic E-state index is 11.7. The molecular weight excluding hydrogens is 212 g/mol. The molecule has 0 heterocycles. The van der Waals surface area contributed by atoms with Gasteiger partial charge in [-0.3, -0.25) is 4.72 Å². The summed E-state index contributed by atoms with van der Waals surface area (Å²) in [5, 5.41) is 0. The van der Waals surface area contributed by atoms with Gasteiger partial charge in [-0.1, -0.05) is 24.8 Å². The van der Waals surface area contributed by atoms with Gasteiger partial charge in [0, 0.05) is 5.70 Å². The van der Waals surface area contributed by atoms with Crippen molar-refractivity contribution in [2.45, 2.75) is 11.3 Å². The fraction of sp³-hybridized carbons (Fsp3) is 0.200. The van der Waals surface area contributed by atoms with Crippen LogP contribution >= 0.6 is 0 Å². The molecule has 0 radical (unpaired) electrons. The second-order valence-corrected chi connectivity index (χ2v) is 4.74. The first-order valence-corrected chi connectivity index (χ1v) is 6.00. The molecule has 4 nitrogen and oxygen atoms in total. The van der Waals surface area contributed by atoms with E-state index in [4.69, 9.17) is 5.73 Å². The Bertz CT molecular complexity index is 426. The minimum absolute atomic E-state index is 0.225. The molecule has 3 N–H and O–H groups in total. The van der Waals surface area contributed by atoms with Crippen molar-refractivity contribution in [2.75, 3.05) is 6.54 Å². The molecule has 0 amide bonds. The molecule has 15 heavy (non-hydrogen) atoms. The molecule has 0 aliphatic rings. The van der Waals surface area contributed by atoms with E-state index in [0.29, 0.717) is 18.7 Å². The van der Waals surface area contributed by atoms with Crippen LogP contribution in [0, 0.1) is 0 Å². The van der Waals surface area contributed by atoms with Crippen molar-refractivity contribution in [2.24, 2.45) is 5.73 Å².